The van der Waals surface area contributed by atoms with Gasteiger partial charge in [0.15, 0.2) is 0 Å². The molecule has 1 aliphatic heterocycles. The molecule has 68 valence electrons. The third-order valence-electron chi connectivity index (χ3n) is 1.43. The molecular weight excluding hydrogens is 174 g/mol. The largest absolute Gasteiger partial charge is 0.463 e. The predicted octanol–water partition coefficient (Wildman–Crippen LogP) is 0.770. The molecule has 0 radical (unpaired) electrons. The molecule has 0 spiro atoms. The van der Waals surface area contributed by atoms with Crippen LogP contribution in [0, 0.1) is 0 Å². The fourth-order valence-corrected chi connectivity index (χ4v) is 1.73. The number of hydrogen-bond donors (Lipinski definition) is 1. The minimum atomic E-state index is -0.248. The van der Waals surface area contributed by atoms with E-state index in [2.05, 4.69) is 5.32 Å². The topological polar surface area (TPSA) is 38.3 Å². The second-order valence-corrected chi connectivity index (χ2v) is 3.51. The van der Waals surface area contributed by atoms with Crippen LogP contribution in [0.2, 0.25) is 0 Å². The number of hydrogen-bond acceptors (Lipinski definition) is 4. The Morgan fingerprint density at radius 2 is 2.67 bits per heavy atom. The molecule has 0 aliphatic carbocycles. The number of esters is 1. The first-order chi connectivity index (χ1) is 5.83. The zero-order valence-electron chi connectivity index (χ0n) is 7.13. The molecule has 0 atom stereocenters. The van der Waals surface area contributed by atoms with E-state index in [4.69, 9.17) is 4.74 Å². The Hall–Kier alpha value is -0.640. The molecule has 4 heteroatoms. The summed E-state index contributed by atoms with van der Waals surface area (Å²) >= 11 is 1.82. The van der Waals surface area contributed by atoms with Crippen LogP contribution in [-0.4, -0.2) is 30.6 Å². The highest BCUT2D eigenvalue weighted by Crippen LogP contribution is 2.09. The maximum atomic E-state index is 11.0. The van der Waals surface area contributed by atoms with Gasteiger partial charge in [0.25, 0.3) is 0 Å². The summed E-state index contributed by atoms with van der Waals surface area (Å²) in [5.41, 5.74) is 0.977. The van der Waals surface area contributed by atoms with Gasteiger partial charge in [0.1, 0.15) is 0 Å². The van der Waals surface area contributed by atoms with E-state index < -0.39 is 0 Å². The van der Waals surface area contributed by atoms with Gasteiger partial charge in [-0.15, -0.1) is 0 Å². The van der Waals surface area contributed by atoms with E-state index in [1.165, 1.54) is 6.08 Å². The van der Waals surface area contributed by atoms with Gasteiger partial charge in [-0.05, 0) is 6.92 Å². The van der Waals surface area contributed by atoms with Crippen molar-refractivity contribution in [3.8, 4) is 0 Å². The average molecular weight is 187 g/mol. The Balaban J connectivity index is 2.37. The number of ether oxygens (including phenoxy) is 1. The van der Waals surface area contributed by atoms with Gasteiger partial charge >= 0.3 is 5.97 Å². The molecule has 3 nitrogen and oxygen atoms in total. The SMILES string of the molecule is CCOC(=O)/C=C1/CSCCN1. The molecule has 0 amide bonds. The molecule has 0 saturated carbocycles. The Morgan fingerprint density at radius 1 is 1.83 bits per heavy atom. The van der Waals surface area contributed by atoms with E-state index in [0.29, 0.717) is 6.61 Å². The summed E-state index contributed by atoms with van der Waals surface area (Å²) in [5, 5.41) is 3.15. The minimum Gasteiger partial charge on any atom is -0.463 e. The highest BCUT2D eigenvalue weighted by Gasteiger charge is 2.06. The van der Waals surface area contributed by atoms with Crippen LogP contribution in [0.5, 0.6) is 0 Å². The van der Waals surface area contributed by atoms with Gasteiger partial charge < -0.3 is 10.1 Å². The van der Waals surface area contributed by atoms with Crippen molar-refractivity contribution in [1.29, 1.82) is 0 Å². The van der Waals surface area contributed by atoms with Crippen LogP contribution in [0.3, 0.4) is 0 Å². The molecule has 12 heavy (non-hydrogen) atoms. The van der Waals surface area contributed by atoms with E-state index in [-0.39, 0.29) is 5.97 Å². The first-order valence-electron chi connectivity index (χ1n) is 4.02. The maximum absolute atomic E-state index is 11.0. The molecule has 1 heterocycles. The van der Waals surface area contributed by atoms with Crippen molar-refractivity contribution in [3.05, 3.63) is 11.8 Å². The number of thioether (sulfide) groups is 1. The van der Waals surface area contributed by atoms with Crippen molar-refractivity contribution in [2.24, 2.45) is 0 Å². The first-order valence-corrected chi connectivity index (χ1v) is 5.17. The lowest BCUT2D eigenvalue weighted by atomic mass is 10.4. The molecule has 0 aromatic heterocycles. The number of nitrogens with one attached hydrogen (secondary N) is 1. The smallest absolute Gasteiger partial charge is 0.332 e. The lowest BCUT2D eigenvalue weighted by Gasteiger charge is -2.15. The fraction of sp³-hybridized carbons (Fsp3) is 0.625. The van der Waals surface area contributed by atoms with E-state index in [1.54, 1.807) is 6.92 Å². The summed E-state index contributed by atoms with van der Waals surface area (Å²) in [6.45, 7) is 3.19. The van der Waals surface area contributed by atoms with Gasteiger partial charge in [0.2, 0.25) is 0 Å². The first kappa shape index (κ1) is 9.45. The molecule has 1 N–H and O–H groups in total. The van der Waals surface area contributed by atoms with Crippen LogP contribution in [0.1, 0.15) is 6.92 Å². The molecule has 0 aromatic rings. The summed E-state index contributed by atoms with van der Waals surface area (Å²) in [6, 6.07) is 0. The molecule has 1 rings (SSSR count). The van der Waals surface area contributed by atoms with Gasteiger partial charge in [0, 0.05) is 29.8 Å². The van der Waals surface area contributed by atoms with Gasteiger partial charge in [-0.1, -0.05) is 0 Å². The number of rotatable bonds is 2. The number of carbonyl (C=O) groups is 1. The van der Waals surface area contributed by atoms with E-state index in [9.17, 15) is 4.79 Å². The number of carbonyl (C=O) groups excluding carboxylic acids is 1. The molecule has 0 aromatic carbocycles. The summed E-state index contributed by atoms with van der Waals surface area (Å²) in [6.07, 6.45) is 1.54. The summed E-state index contributed by atoms with van der Waals surface area (Å²) in [4.78, 5) is 11.0. The van der Waals surface area contributed by atoms with Crippen LogP contribution in [0.15, 0.2) is 11.8 Å². The van der Waals surface area contributed by atoms with Gasteiger partial charge in [0.05, 0.1) is 6.61 Å². The van der Waals surface area contributed by atoms with Gasteiger partial charge in [-0.2, -0.15) is 11.8 Å². The van der Waals surface area contributed by atoms with Crippen LogP contribution in [-0.2, 0) is 9.53 Å². The van der Waals surface area contributed by atoms with Gasteiger partial charge in [-0.25, -0.2) is 4.79 Å². The van der Waals surface area contributed by atoms with E-state index >= 15 is 0 Å². The lowest BCUT2D eigenvalue weighted by Crippen LogP contribution is -2.24. The zero-order chi connectivity index (χ0) is 8.81. The minimum absolute atomic E-state index is 0.248. The predicted molar refractivity (Wildman–Crippen MR) is 50.0 cm³/mol. The van der Waals surface area contributed by atoms with Crippen molar-refractivity contribution in [2.75, 3.05) is 24.7 Å². The zero-order valence-corrected chi connectivity index (χ0v) is 7.95. The molecule has 1 aliphatic rings. The van der Waals surface area contributed by atoms with Crippen LogP contribution in [0.4, 0.5) is 0 Å². The second-order valence-electron chi connectivity index (χ2n) is 2.40. The molecule has 1 saturated heterocycles. The van der Waals surface area contributed by atoms with Crippen molar-refractivity contribution in [2.45, 2.75) is 6.92 Å². The highest BCUT2D eigenvalue weighted by atomic mass is 32.2. The Labute approximate surface area is 76.5 Å². The Kier molecular flexibility index (Phi) is 4.00. The lowest BCUT2D eigenvalue weighted by molar-refractivity contribution is -0.137. The Bertz CT molecular complexity index is 183. The Morgan fingerprint density at radius 3 is 3.25 bits per heavy atom. The molecule has 0 bridgehead atoms. The summed E-state index contributed by atoms with van der Waals surface area (Å²) in [7, 11) is 0. The fourth-order valence-electron chi connectivity index (χ4n) is 0.936. The van der Waals surface area contributed by atoms with E-state index in [1.807, 2.05) is 11.8 Å². The van der Waals surface area contributed by atoms with Crippen LogP contribution in [0.25, 0.3) is 0 Å². The molecule has 0 unspecified atom stereocenters. The maximum Gasteiger partial charge on any atom is 0.332 e. The quantitative estimate of drug-likeness (QED) is 0.512. The molecule has 1 fully saturated rings. The van der Waals surface area contributed by atoms with Crippen molar-refractivity contribution >= 4 is 17.7 Å². The normalized spacial score (nSPS) is 20.2. The van der Waals surface area contributed by atoms with Crippen LogP contribution < -0.4 is 5.32 Å². The van der Waals surface area contributed by atoms with Crippen LogP contribution >= 0.6 is 11.8 Å². The third-order valence-corrected chi connectivity index (χ3v) is 2.44. The van der Waals surface area contributed by atoms with Gasteiger partial charge in [-0.3, -0.25) is 0 Å². The second kappa shape index (κ2) is 5.09. The average Bonchev–Trinajstić information content (AvgIpc) is 2.06. The van der Waals surface area contributed by atoms with Crippen molar-refractivity contribution < 1.29 is 9.53 Å². The summed E-state index contributed by atoms with van der Waals surface area (Å²) in [5.74, 6) is 1.75. The van der Waals surface area contributed by atoms with Crippen molar-refractivity contribution in [3.63, 3.8) is 0 Å². The van der Waals surface area contributed by atoms with Crippen molar-refractivity contribution in [1.82, 2.24) is 5.32 Å². The monoisotopic (exact) mass is 187 g/mol. The summed E-state index contributed by atoms with van der Waals surface area (Å²) < 4.78 is 4.78. The molecular formula is C8H13NO2S. The standard InChI is InChI=1S/C8H13NO2S/c1-2-11-8(10)5-7-6-12-4-3-9-7/h5,9H,2-4,6H2,1H3/b7-5-. The van der Waals surface area contributed by atoms with E-state index in [0.717, 1.165) is 23.7 Å². The highest BCUT2D eigenvalue weighted by molar-refractivity contribution is 7.99. The third kappa shape index (κ3) is 3.17.